The monoisotopic (exact) mass is 193 g/mol. The molecule has 0 unspecified atom stereocenters. The SMILES string of the molecule is Cl.N[C@@H]1C[C@@]2(C(=O)O)CO[C@@H]1C2. The number of rotatable bonds is 1. The van der Waals surface area contributed by atoms with Crippen molar-refractivity contribution in [1.29, 1.82) is 0 Å². The molecule has 2 rings (SSSR count). The van der Waals surface area contributed by atoms with Gasteiger partial charge >= 0.3 is 5.97 Å². The Balaban J connectivity index is 0.000000720. The van der Waals surface area contributed by atoms with Gasteiger partial charge < -0.3 is 15.6 Å². The normalized spacial score (nSPS) is 44.1. The fourth-order valence-corrected chi connectivity index (χ4v) is 2.01. The minimum absolute atomic E-state index is 0. The summed E-state index contributed by atoms with van der Waals surface area (Å²) in [5.41, 5.74) is 5.01. The Bertz CT molecular complexity index is 207. The fraction of sp³-hybridized carbons (Fsp3) is 0.857. The standard InChI is InChI=1S/C7H11NO3.ClH/c8-4-1-7(6(9)10)2-5(4)11-3-7;/h4-5H,1-3,8H2,(H,9,10);1H/t4-,5-,7+;/m1./s1. The topological polar surface area (TPSA) is 72.6 Å². The lowest BCUT2D eigenvalue weighted by molar-refractivity contribution is -0.150. The summed E-state index contributed by atoms with van der Waals surface area (Å²) in [6.07, 6.45) is 1.17. The molecule has 12 heavy (non-hydrogen) atoms. The lowest BCUT2D eigenvalue weighted by Crippen LogP contribution is -2.39. The number of fused-ring (bicyclic) bond motifs is 2. The maximum absolute atomic E-state index is 10.8. The van der Waals surface area contributed by atoms with Crippen LogP contribution in [0.15, 0.2) is 0 Å². The van der Waals surface area contributed by atoms with E-state index in [-0.39, 0.29) is 24.6 Å². The second-order valence-corrected chi connectivity index (χ2v) is 3.51. The molecule has 2 bridgehead atoms. The Kier molecular flexibility index (Phi) is 2.33. The zero-order valence-electron chi connectivity index (χ0n) is 6.53. The minimum atomic E-state index is -0.757. The number of aliphatic carboxylic acids is 1. The van der Waals surface area contributed by atoms with Crippen molar-refractivity contribution < 1.29 is 14.6 Å². The van der Waals surface area contributed by atoms with Crippen molar-refractivity contribution >= 4 is 18.4 Å². The van der Waals surface area contributed by atoms with E-state index in [1.54, 1.807) is 0 Å². The molecule has 0 aromatic heterocycles. The highest BCUT2D eigenvalue weighted by Gasteiger charge is 2.55. The van der Waals surface area contributed by atoms with E-state index in [9.17, 15) is 4.79 Å². The number of carboxylic acids is 1. The summed E-state index contributed by atoms with van der Waals surface area (Å²) in [5.74, 6) is -0.757. The molecule has 0 amide bonds. The van der Waals surface area contributed by atoms with Crippen LogP contribution in [0.1, 0.15) is 12.8 Å². The number of hydrogen-bond acceptors (Lipinski definition) is 3. The molecule has 3 atom stereocenters. The van der Waals surface area contributed by atoms with Crippen molar-refractivity contribution in [3.63, 3.8) is 0 Å². The Labute approximate surface area is 76.5 Å². The maximum Gasteiger partial charge on any atom is 0.312 e. The van der Waals surface area contributed by atoms with Crippen LogP contribution in [-0.2, 0) is 9.53 Å². The van der Waals surface area contributed by atoms with Gasteiger partial charge in [0.15, 0.2) is 0 Å². The summed E-state index contributed by atoms with van der Waals surface area (Å²) >= 11 is 0. The highest BCUT2D eigenvalue weighted by atomic mass is 35.5. The van der Waals surface area contributed by atoms with E-state index in [0.717, 1.165) is 0 Å². The number of nitrogens with two attached hydrogens (primary N) is 1. The molecule has 1 saturated heterocycles. The van der Waals surface area contributed by atoms with E-state index >= 15 is 0 Å². The van der Waals surface area contributed by atoms with Crippen LogP contribution in [0, 0.1) is 5.41 Å². The maximum atomic E-state index is 10.8. The lowest BCUT2D eigenvalue weighted by atomic mass is 9.88. The van der Waals surface area contributed by atoms with Gasteiger partial charge in [0.1, 0.15) is 0 Å². The molecule has 70 valence electrons. The zero-order valence-corrected chi connectivity index (χ0v) is 7.34. The molecule has 1 saturated carbocycles. The van der Waals surface area contributed by atoms with Crippen molar-refractivity contribution in [2.45, 2.75) is 25.0 Å². The molecule has 5 heteroatoms. The first-order chi connectivity index (χ1) is 5.14. The summed E-state index contributed by atoms with van der Waals surface area (Å²) in [5, 5.41) is 8.87. The molecular formula is C7H12ClNO3. The minimum Gasteiger partial charge on any atom is -0.481 e. The first kappa shape index (κ1) is 9.77. The van der Waals surface area contributed by atoms with E-state index in [1.807, 2.05) is 0 Å². The summed E-state index contributed by atoms with van der Waals surface area (Å²) in [4.78, 5) is 10.8. The van der Waals surface area contributed by atoms with E-state index in [2.05, 4.69) is 0 Å². The predicted molar refractivity (Wildman–Crippen MR) is 44.3 cm³/mol. The van der Waals surface area contributed by atoms with Gasteiger partial charge in [-0.1, -0.05) is 0 Å². The zero-order chi connectivity index (χ0) is 8.06. The van der Waals surface area contributed by atoms with Crippen LogP contribution in [0.5, 0.6) is 0 Å². The van der Waals surface area contributed by atoms with Crippen LogP contribution < -0.4 is 5.73 Å². The third kappa shape index (κ3) is 1.11. The molecule has 0 spiro atoms. The van der Waals surface area contributed by atoms with E-state index in [1.165, 1.54) is 0 Å². The summed E-state index contributed by atoms with van der Waals surface area (Å²) in [7, 11) is 0. The summed E-state index contributed by atoms with van der Waals surface area (Å²) in [6.45, 7) is 0.348. The Morgan fingerprint density at radius 3 is 2.50 bits per heavy atom. The second-order valence-electron chi connectivity index (χ2n) is 3.51. The van der Waals surface area contributed by atoms with E-state index in [0.29, 0.717) is 19.4 Å². The van der Waals surface area contributed by atoms with Gasteiger partial charge in [0, 0.05) is 6.04 Å². The average molecular weight is 194 g/mol. The Hall–Kier alpha value is -0.320. The van der Waals surface area contributed by atoms with Gasteiger partial charge in [0.05, 0.1) is 18.1 Å². The number of carboxylic acid groups (broad SMARTS) is 1. The molecule has 2 fully saturated rings. The third-order valence-electron chi connectivity index (χ3n) is 2.72. The van der Waals surface area contributed by atoms with Crippen LogP contribution in [0.2, 0.25) is 0 Å². The predicted octanol–water partition coefficient (Wildman–Crippen LogP) is -0.000900. The molecule has 0 aromatic carbocycles. The van der Waals surface area contributed by atoms with Gasteiger partial charge in [0.25, 0.3) is 0 Å². The molecule has 1 heterocycles. The quantitative estimate of drug-likeness (QED) is 0.615. The van der Waals surface area contributed by atoms with Crippen molar-refractivity contribution in [1.82, 2.24) is 0 Å². The molecule has 0 radical (unpaired) electrons. The van der Waals surface area contributed by atoms with Crippen molar-refractivity contribution in [3.8, 4) is 0 Å². The number of halogens is 1. The highest BCUT2D eigenvalue weighted by molar-refractivity contribution is 5.85. The van der Waals surface area contributed by atoms with Crippen LogP contribution in [0.3, 0.4) is 0 Å². The van der Waals surface area contributed by atoms with Gasteiger partial charge in [-0.25, -0.2) is 0 Å². The molecule has 0 aromatic rings. The van der Waals surface area contributed by atoms with Crippen LogP contribution in [0.25, 0.3) is 0 Å². The lowest BCUT2D eigenvalue weighted by Gasteiger charge is -2.23. The number of carbonyl (C=O) groups is 1. The average Bonchev–Trinajstić information content (AvgIpc) is 2.44. The largest absolute Gasteiger partial charge is 0.481 e. The van der Waals surface area contributed by atoms with Gasteiger partial charge in [0.2, 0.25) is 0 Å². The smallest absolute Gasteiger partial charge is 0.312 e. The van der Waals surface area contributed by atoms with Gasteiger partial charge in [-0.15, -0.1) is 12.4 Å². The molecular weight excluding hydrogens is 182 g/mol. The second kappa shape index (κ2) is 2.87. The molecule has 1 aliphatic heterocycles. The van der Waals surface area contributed by atoms with Gasteiger partial charge in [-0.3, -0.25) is 4.79 Å². The fourth-order valence-electron chi connectivity index (χ4n) is 2.01. The van der Waals surface area contributed by atoms with Crippen molar-refractivity contribution in [2.24, 2.45) is 11.1 Å². The summed E-state index contributed by atoms with van der Waals surface area (Å²) in [6, 6.07) is -0.0696. The number of hydrogen-bond donors (Lipinski definition) is 2. The van der Waals surface area contributed by atoms with Crippen LogP contribution in [-0.4, -0.2) is 29.8 Å². The third-order valence-corrected chi connectivity index (χ3v) is 2.72. The van der Waals surface area contributed by atoms with Gasteiger partial charge in [-0.05, 0) is 12.8 Å². The van der Waals surface area contributed by atoms with Gasteiger partial charge in [-0.2, -0.15) is 0 Å². The van der Waals surface area contributed by atoms with Crippen molar-refractivity contribution in [2.75, 3.05) is 6.61 Å². The molecule has 2 aliphatic rings. The number of ether oxygens (including phenoxy) is 1. The van der Waals surface area contributed by atoms with Crippen LogP contribution >= 0.6 is 12.4 Å². The van der Waals surface area contributed by atoms with Crippen molar-refractivity contribution in [3.05, 3.63) is 0 Å². The van der Waals surface area contributed by atoms with Crippen LogP contribution in [0.4, 0.5) is 0 Å². The Morgan fingerprint density at radius 1 is 1.58 bits per heavy atom. The summed E-state index contributed by atoms with van der Waals surface area (Å²) < 4.78 is 5.22. The van der Waals surface area contributed by atoms with E-state index in [4.69, 9.17) is 15.6 Å². The van der Waals surface area contributed by atoms with E-state index < -0.39 is 11.4 Å². The highest BCUT2D eigenvalue weighted by Crippen LogP contribution is 2.45. The molecule has 3 N–H and O–H groups in total. The Morgan fingerprint density at radius 2 is 2.25 bits per heavy atom. The first-order valence-electron chi connectivity index (χ1n) is 3.75. The molecule has 4 nitrogen and oxygen atoms in total. The first-order valence-corrected chi connectivity index (χ1v) is 3.75. The molecule has 1 aliphatic carbocycles.